The number of hydrogen-bond donors (Lipinski definition) is 2. The van der Waals surface area contributed by atoms with E-state index in [-0.39, 0.29) is 11.0 Å². The summed E-state index contributed by atoms with van der Waals surface area (Å²) in [5.74, 6) is -0.234. The number of benzene rings is 3. The zero-order valence-corrected chi connectivity index (χ0v) is 20.1. The fourth-order valence-corrected chi connectivity index (χ4v) is 4.69. The highest BCUT2D eigenvalue weighted by atomic mass is 127. The summed E-state index contributed by atoms with van der Waals surface area (Å²) in [5, 5.41) is 7.10. The Morgan fingerprint density at radius 3 is 2.60 bits per heavy atom. The van der Waals surface area contributed by atoms with Crippen molar-refractivity contribution in [2.75, 3.05) is 5.32 Å². The van der Waals surface area contributed by atoms with Crippen LogP contribution in [0.3, 0.4) is 0 Å². The van der Waals surface area contributed by atoms with Crippen molar-refractivity contribution in [3.05, 3.63) is 80.9 Å². The van der Waals surface area contributed by atoms with Gasteiger partial charge in [0.05, 0.1) is 15.9 Å². The molecule has 0 saturated carbocycles. The zero-order valence-electron chi connectivity index (χ0n) is 16.3. The van der Waals surface area contributed by atoms with Crippen molar-refractivity contribution < 1.29 is 4.79 Å². The van der Waals surface area contributed by atoms with Gasteiger partial charge < -0.3 is 5.32 Å². The summed E-state index contributed by atoms with van der Waals surface area (Å²) in [5.41, 5.74) is 5.51. The molecule has 1 heterocycles. The smallest absolute Gasteiger partial charge is 0.257 e. The number of hydrogen-bond acceptors (Lipinski definition) is 4. The Morgan fingerprint density at radius 2 is 1.83 bits per heavy atom. The lowest BCUT2D eigenvalue weighted by atomic mass is 10.1. The molecule has 0 atom stereocenters. The molecule has 0 saturated heterocycles. The molecule has 150 valence electrons. The van der Waals surface area contributed by atoms with Crippen LogP contribution in [0.1, 0.15) is 21.5 Å². The summed E-state index contributed by atoms with van der Waals surface area (Å²) in [7, 11) is 0. The molecule has 0 unspecified atom stereocenters. The Bertz CT molecular complexity index is 1250. The van der Waals surface area contributed by atoms with Crippen molar-refractivity contribution in [1.29, 1.82) is 0 Å². The highest BCUT2D eigenvalue weighted by molar-refractivity contribution is 14.1. The number of rotatable bonds is 3. The quantitative estimate of drug-likeness (QED) is 0.235. The van der Waals surface area contributed by atoms with Gasteiger partial charge in [0.2, 0.25) is 0 Å². The van der Waals surface area contributed by atoms with Gasteiger partial charge in [-0.2, -0.15) is 0 Å². The van der Waals surface area contributed by atoms with E-state index in [0.29, 0.717) is 5.56 Å². The average molecular weight is 543 g/mol. The van der Waals surface area contributed by atoms with E-state index >= 15 is 0 Å². The molecule has 4 nitrogen and oxygen atoms in total. The maximum Gasteiger partial charge on any atom is 0.257 e. The molecule has 4 rings (SSSR count). The Hall–Kier alpha value is -2.36. The van der Waals surface area contributed by atoms with Crippen LogP contribution >= 0.6 is 46.1 Å². The molecule has 30 heavy (non-hydrogen) atoms. The topological polar surface area (TPSA) is 54.0 Å². The van der Waals surface area contributed by atoms with Crippen LogP contribution in [0, 0.1) is 17.4 Å². The summed E-state index contributed by atoms with van der Waals surface area (Å²) in [4.78, 5) is 17.3. The van der Waals surface area contributed by atoms with Crippen molar-refractivity contribution >= 4 is 73.1 Å². The number of nitrogens with one attached hydrogen (secondary N) is 2. The first-order chi connectivity index (χ1) is 14.4. The van der Waals surface area contributed by atoms with Gasteiger partial charge in [0.1, 0.15) is 5.01 Å². The number of carbonyl (C=O) groups excluding carboxylic acids is 1. The maximum atomic E-state index is 12.6. The molecule has 2 N–H and O–H groups in total. The second kappa shape index (κ2) is 8.79. The van der Waals surface area contributed by atoms with Crippen molar-refractivity contribution in [2.45, 2.75) is 13.8 Å². The van der Waals surface area contributed by atoms with Crippen molar-refractivity contribution in [2.24, 2.45) is 0 Å². The predicted octanol–water partition coefficient (Wildman–Crippen LogP) is 6.31. The van der Waals surface area contributed by atoms with Crippen LogP contribution < -0.4 is 10.6 Å². The van der Waals surface area contributed by atoms with E-state index in [4.69, 9.17) is 17.2 Å². The molecule has 0 fully saturated rings. The molecular weight excluding hydrogens is 525 g/mol. The highest BCUT2D eigenvalue weighted by Crippen LogP contribution is 2.35. The number of aryl methyl sites for hydroxylation is 2. The molecule has 1 aromatic heterocycles. The van der Waals surface area contributed by atoms with E-state index in [9.17, 15) is 4.79 Å². The van der Waals surface area contributed by atoms with Gasteiger partial charge in [-0.1, -0.05) is 18.2 Å². The van der Waals surface area contributed by atoms with Crippen LogP contribution in [-0.2, 0) is 0 Å². The molecule has 0 aliphatic rings. The van der Waals surface area contributed by atoms with Gasteiger partial charge in [-0.25, -0.2) is 4.98 Å². The fraction of sp³-hybridized carbons (Fsp3) is 0.0870. The molecule has 0 aliphatic heterocycles. The van der Waals surface area contributed by atoms with Gasteiger partial charge in [0.15, 0.2) is 5.11 Å². The molecule has 0 bridgehead atoms. The van der Waals surface area contributed by atoms with Crippen LogP contribution in [0.5, 0.6) is 0 Å². The zero-order chi connectivity index (χ0) is 21.3. The lowest BCUT2D eigenvalue weighted by molar-refractivity contribution is 0.0977. The molecule has 0 spiro atoms. The Morgan fingerprint density at radius 1 is 1.03 bits per heavy atom. The maximum absolute atomic E-state index is 12.6. The van der Waals surface area contributed by atoms with Gasteiger partial charge in [-0.15, -0.1) is 11.3 Å². The number of aromatic nitrogens is 1. The minimum atomic E-state index is -0.234. The number of para-hydroxylation sites is 1. The molecule has 7 heteroatoms. The van der Waals surface area contributed by atoms with E-state index in [1.54, 1.807) is 17.4 Å². The number of fused-ring (bicyclic) bond motifs is 1. The van der Waals surface area contributed by atoms with E-state index in [1.807, 2.05) is 56.3 Å². The van der Waals surface area contributed by atoms with Gasteiger partial charge >= 0.3 is 0 Å². The van der Waals surface area contributed by atoms with Gasteiger partial charge in [0.25, 0.3) is 5.91 Å². The number of thiazole rings is 1. The van der Waals surface area contributed by atoms with E-state index in [1.165, 1.54) is 0 Å². The predicted molar refractivity (Wildman–Crippen MR) is 137 cm³/mol. The van der Waals surface area contributed by atoms with Gasteiger partial charge in [-0.05, 0) is 102 Å². The lowest BCUT2D eigenvalue weighted by Gasteiger charge is -2.13. The summed E-state index contributed by atoms with van der Waals surface area (Å²) < 4.78 is 2.22. The van der Waals surface area contributed by atoms with Crippen LogP contribution in [0.4, 0.5) is 5.69 Å². The third-order valence-electron chi connectivity index (χ3n) is 4.75. The molecular formula is C23H18IN3OS2. The summed E-state index contributed by atoms with van der Waals surface area (Å²) >= 11 is 9.33. The number of halogens is 1. The van der Waals surface area contributed by atoms with Crippen molar-refractivity contribution in [1.82, 2.24) is 10.3 Å². The lowest BCUT2D eigenvalue weighted by Crippen LogP contribution is -2.34. The molecule has 4 aromatic rings. The molecule has 0 aliphatic carbocycles. The Kier molecular flexibility index (Phi) is 6.12. The Balaban J connectivity index is 1.57. The second-order valence-electron chi connectivity index (χ2n) is 6.88. The van der Waals surface area contributed by atoms with E-state index in [2.05, 4.69) is 45.4 Å². The fourth-order valence-electron chi connectivity index (χ4n) is 3.00. The van der Waals surface area contributed by atoms with Crippen LogP contribution in [-0.4, -0.2) is 16.0 Å². The third kappa shape index (κ3) is 4.53. The van der Waals surface area contributed by atoms with Gasteiger partial charge in [-0.3, -0.25) is 10.1 Å². The average Bonchev–Trinajstić information content (AvgIpc) is 3.15. The summed E-state index contributed by atoms with van der Waals surface area (Å²) in [6.07, 6.45) is 0. The molecule has 3 aromatic carbocycles. The second-order valence-corrected chi connectivity index (χ2v) is 9.57. The first-order valence-corrected chi connectivity index (χ1v) is 11.6. The monoisotopic (exact) mass is 543 g/mol. The molecule has 1 amide bonds. The standard InChI is InChI=1S/C23H18IN3OS2/c1-13-7-8-15(11-14(13)2)21(28)27-23(29)26-18-10-9-16(24)12-17(18)22-25-19-5-3-4-6-20(19)30-22/h3-12H,1-2H3,(H2,26,27,28,29). The number of thiocarbonyl (C=S) groups is 1. The SMILES string of the molecule is Cc1ccc(C(=O)NC(=S)Nc2ccc(I)cc2-c2nc3ccccc3s2)cc1C. The van der Waals surface area contributed by atoms with Crippen molar-refractivity contribution in [3.63, 3.8) is 0 Å². The number of nitrogens with zero attached hydrogens (tertiary/aromatic N) is 1. The van der Waals surface area contributed by atoms with Crippen LogP contribution in [0.2, 0.25) is 0 Å². The summed E-state index contributed by atoms with van der Waals surface area (Å²) in [6.45, 7) is 4.00. The number of anilines is 1. The number of amides is 1. The van der Waals surface area contributed by atoms with E-state index in [0.717, 1.165) is 41.2 Å². The minimum absolute atomic E-state index is 0.234. The van der Waals surface area contributed by atoms with Crippen molar-refractivity contribution in [3.8, 4) is 10.6 Å². The normalized spacial score (nSPS) is 10.8. The van der Waals surface area contributed by atoms with Gasteiger partial charge in [0, 0.05) is 14.7 Å². The Labute approximate surface area is 197 Å². The van der Waals surface area contributed by atoms with Crippen LogP contribution in [0.15, 0.2) is 60.7 Å². The molecule has 0 radical (unpaired) electrons. The first-order valence-electron chi connectivity index (χ1n) is 9.26. The third-order valence-corrected chi connectivity index (χ3v) is 6.70. The highest BCUT2D eigenvalue weighted by Gasteiger charge is 2.14. The largest absolute Gasteiger partial charge is 0.332 e. The number of carbonyl (C=O) groups is 1. The first kappa shape index (κ1) is 20.9. The summed E-state index contributed by atoms with van der Waals surface area (Å²) in [6, 6.07) is 19.7. The van der Waals surface area contributed by atoms with Crippen LogP contribution in [0.25, 0.3) is 20.8 Å². The minimum Gasteiger partial charge on any atom is -0.332 e. The van der Waals surface area contributed by atoms with E-state index < -0.39 is 0 Å².